The summed E-state index contributed by atoms with van der Waals surface area (Å²) < 4.78 is 12.1. The Morgan fingerprint density at radius 1 is 0.957 bits per heavy atom. The van der Waals surface area contributed by atoms with Crippen molar-refractivity contribution in [2.24, 2.45) is 0 Å². The van der Waals surface area contributed by atoms with Crippen LogP contribution in [0.1, 0.15) is 18.9 Å². The van der Waals surface area contributed by atoms with Gasteiger partial charge in [0.1, 0.15) is 0 Å². The highest BCUT2D eigenvalue weighted by molar-refractivity contribution is 5.91. The summed E-state index contributed by atoms with van der Waals surface area (Å²) in [6.45, 7) is 1.91. The van der Waals surface area contributed by atoms with E-state index in [1.54, 1.807) is 28.2 Å². The van der Waals surface area contributed by atoms with Crippen LogP contribution in [0.5, 0.6) is 0 Å². The van der Waals surface area contributed by atoms with Crippen LogP contribution in [0.3, 0.4) is 0 Å². The minimum Gasteiger partial charge on any atom is -0.346 e. The summed E-state index contributed by atoms with van der Waals surface area (Å²) in [5.74, 6) is -1.65. The molecule has 0 aromatic heterocycles. The molecule has 1 heterocycles. The van der Waals surface area contributed by atoms with Crippen LogP contribution in [0.2, 0.25) is 0 Å². The van der Waals surface area contributed by atoms with E-state index in [9.17, 15) is 9.59 Å². The third kappa shape index (κ3) is 3.23. The number of nitrogens with zero attached hydrogens (tertiary/aromatic N) is 2. The Kier molecular flexibility index (Phi) is 5.06. The first-order valence-electron chi connectivity index (χ1n) is 7.66. The van der Waals surface area contributed by atoms with Crippen molar-refractivity contribution in [1.82, 2.24) is 9.80 Å². The number of amides is 2. The molecule has 126 valence electrons. The first kappa shape index (κ1) is 17.4. The molecule has 2 atom stereocenters. The highest BCUT2D eigenvalue weighted by atomic mass is 16.8. The zero-order valence-electron chi connectivity index (χ0n) is 14.3. The van der Waals surface area contributed by atoms with Gasteiger partial charge in [-0.1, -0.05) is 37.3 Å². The van der Waals surface area contributed by atoms with E-state index in [4.69, 9.17) is 9.47 Å². The lowest BCUT2D eigenvalue weighted by atomic mass is 10.0. The molecule has 1 fully saturated rings. The number of hydrogen-bond acceptors (Lipinski definition) is 4. The maximum atomic E-state index is 12.5. The second-order valence-corrected chi connectivity index (χ2v) is 6.01. The minimum absolute atomic E-state index is 0.281. The lowest BCUT2D eigenvalue weighted by Crippen LogP contribution is -2.47. The van der Waals surface area contributed by atoms with Crippen molar-refractivity contribution < 1.29 is 19.1 Å². The van der Waals surface area contributed by atoms with Gasteiger partial charge in [0.15, 0.2) is 18.0 Å². The SMILES string of the molecule is CCC1(c2ccccc2)O[C@@H](C(=O)N(C)C)[C@H](C(=O)N(C)C)O1. The standard InChI is InChI=1S/C17H24N2O4/c1-6-17(12-10-8-7-9-11-12)22-13(15(20)18(2)3)14(23-17)16(21)19(4)5/h7-11,13-14H,6H2,1-5H3/t13-,14-/m1/s1. The van der Waals surface area contributed by atoms with Crippen LogP contribution in [0, 0.1) is 0 Å². The number of carbonyl (C=O) groups is 2. The highest BCUT2D eigenvalue weighted by Crippen LogP contribution is 2.41. The van der Waals surface area contributed by atoms with Gasteiger partial charge < -0.3 is 19.3 Å². The third-order valence-electron chi connectivity index (χ3n) is 3.96. The Bertz CT molecular complexity index is 543. The van der Waals surface area contributed by atoms with Crippen molar-refractivity contribution in [2.45, 2.75) is 31.3 Å². The molecule has 1 saturated heterocycles. The van der Waals surface area contributed by atoms with Crippen molar-refractivity contribution in [2.75, 3.05) is 28.2 Å². The third-order valence-corrected chi connectivity index (χ3v) is 3.96. The molecule has 0 unspecified atom stereocenters. The van der Waals surface area contributed by atoms with Crippen molar-refractivity contribution in [3.8, 4) is 0 Å². The van der Waals surface area contributed by atoms with E-state index in [-0.39, 0.29) is 11.8 Å². The van der Waals surface area contributed by atoms with E-state index >= 15 is 0 Å². The predicted molar refractivity (Wildman–Crippen MR) is 85.5 cm³/mol. The largest absolute Gasteiger partial charge is 0.346 e. The Hall–Kier alpha value is -1.92. The minimum atomic E-state index is -1.09. The van der Waals surface area contributed by atoms with Gasteiger partial charge in [0.2, 0.25) is 0 Å². The van der Waals surface area contributed by atoms with Gasteiger partial charge in [-0.05, 0) is 0 Å². The number of rotatable bonds is 4. The van der Waals surface area contributed by atoms with Gasteiger partial charge in [-0.2, -0.15) is 0 Å². The van der Waals surface area contributed by atoms with Gasteiger partial charge in [-0.3, -0.25) is 9.59 Å². The van der Waals surface area contributed by atoms with E-state index in [2.05, 4.69) is 0 Å². The molecule has 1 aliphatic heterocycles. The molecule has 2 rings (SSSR count). The maximum absolute atomic E-state index is 12.5. The number of likely N-dealkylation sites (N-methyl/N-ethyl adjacent to an activating group) is 2. The molecule has 0 N–H and O–H groups in total. The molecule has 0 bridgehead atoms. The van der Waals surface area contributed by atoms with Crippen LogP contribution < -0.4 is 0 Å². The molecular weight excluding hydrogens is 296 g/mol. The second-order valence-electron chi connectivity index (χ2n) is 6.01. The molecule has 0 aliphatic carbocycles. The summed E-state index contributed by atoms with van der Waals surface area (Å²) in [4.78, 5) is 27.8. The molecule has 1 aromatic rings. The Labute approximate surface area is 137 Å². The fraction of sp³-hybridized carbons (Fsp3) is 0.529. The first-order valence-corrected chi connectivity index (χ1v) is 7.66. The smallest absolute Gasteiger partial charge is 0.254 e. The van der Waals surface area contributed by atoms with E-state index in [0.29, 0.717) is 6.42 Å². The van der Waals surface area contributed by atoms with Crippen LogP contribution in [0.25, 0.3) is 0 Å². The summed E-state index contributed by atoms with van der Waals surface area (Å²) in [5, 5.41) is 0. The van der Waals surface area contributed by atoms with Crippen LogP contribution in [-0.4, -0.2) is 62.0 Å². The lowest BCUT2D eigenvalue weighted by Gasteiger charge is -2.27. The van der Waals surface area contributed by atoms with Gasteiger partial charge in [-0.15, -0.1) is 0 Å². The van der Waals surface area contributed by atoms with Crippen molar-refractivity contribution in [3.63, 3.8) is 0 Å². The van der Waals surface area contributed by atoms with Crippen LogP contribution >= 0.6 is 0 Å². The summed E-state index contributed by atoms with van der Waals surface area (Å²) in [6, 6.07) is 9.41. The average Bonchev–Trinajstić information content (AvgIpc) is 2.95. The molecule has 0 saturated carbocycles. The summed E-state index contributed by atoms with van der Waals surface area (Å²) in [5.41, 5.74) is 0.799. The molecule has 1 aromatic carbocycles. The Morgan fingerprint density at radius 2 is 1.39 bits per heavy atom. The molecule has 0 spiro atoms. The van der Waals surface area contributed by atoms with Gasteiger partial charge in [0.25, 0.3) is 11.8 Å². The number of ether oxygens (including phenoxy) is 2. The predicted octanol–water partition coefficient (Wildman–Crippen LogP) is 1.21. The van der Waals surface area contributed by atoms with Crippen molar-refractivity contribution in [1.29, 1.82) is 0 Å². The highest BCUT2D eigenvalue weighted by Gasteiger charge is 2.54. The van der Waals surface area contributed by atoms with E-state index in [1.165, 1.54) is 9.80 Å². The summed E-state index contributed by atoms with van der Waals surface area (Å²) >= 11 is 0. The zero-order valence-corrected chi connectivity index (χ0v) is 14.3. The average molecular weight is 320 g/mol. The second kappa shape index (κ2) is 6.68. The quantitative estimate of drug-likeness (QED) is 0.837. The molecule has 2 amide bonds. The van der Waals surface area contributed by atoms with E-state index in [1.807, 2.05) is 37.3 Å². The van der Waals surface area contributed by atoms with Crippen molar-refractivity contribution in [3.05, 3.63) is 35.9 Å². The van der Waals surface area contributed by atoms with Crippen LogP contribution in [0.4, 0.5) is 0 Å². The lowest BCUT2D eigenvalue weighted by molar-refractivity contribution is -0.192. The Balaban J connectivity index is 2.42. The fourth-order valence-electron chi connectivity index (χ4n) is 2.63. The van der Waals surface area contributed by atoms with Gasteiger partial charge in [0, 0.05) is 40.2 Å². The molecular formula is C17H24N2O4. The molecule has 1 aliphatic rings. The van der Waals surface area contributed by atoms with Crippen LogP contribution in [0.15, 0.2) is 30.3 Å². The normalized spacial score (nSPS) is 22.7. The summed E-state index contributed by atoms with van der Waals surface area (Å²) in [6.07, 6.45) is -1.43. The first-order chi connectivity index (χ1) is 10.8. The zero-order chi connectivity index (χ0) is 17.2. The molecule has 23 heavy (non-hydrogen) atoms. The van der Waals surface area contributed by atoms with E-state index in [0.717, 1.165) is 5.56 Å². The Morgan fingerprint density at radius 3 is 1.74 bits per heavy atom. The molecule has 0 radical (unpaired) electrons. The topological polar surface area (TPSA) is 59.1 Å². The van der Waals surface area contributed by atoms with Gasteiger partial charge in [0.05, 0.1) is 0 Å². The van der Waals surface area contributed by atoms with Crippen molar-refractivity contribution >= 4 is 11.8 Å². The molecule has 6 nitrogen and oxygen atoms in total. The number of carbonyl (C=O) groups excluding carboxylic acids is 2. The summed E-state index contributed by atoms with van der Waals surface area (Å²) in [7, 11) is 6.55. The number of hydrogen-bond donors (Lipinski definition) is 0. The number of benzene rings is 1. The van der Waals surface area contributed by atoms with Gasteiger partial charge >= 0.3 is 0 Å². The fourth-order valence-corrected chi connectivity index (χ4v) is 2.63. The monoisotopic (exact) mass is 320 g/mol. The van der Waals surface area contributed by atoms with Crippen LogP contribution in [-0.2, 0) is 24.8 Å². The van der Waals surface area contributed by atoms with E-state index < -0.39 is 18.0 Å². The maximum Gasteiger partial charge on any atom is 0.254 e. The van der Waals surface area contributed by atoms with Gasteiger partial charge in [-0.25, -0.2) is 0 Å². The molecule has 6 heteroatoms.